The van der Waals surface area contributed by atoms with Gasteiger partial charge in [0.25, 0.3) is 5.91 Å². The summed E-state index contributed by atoms with van der Waals surface area (Å²) < 4.78 is 7.64. The van der Waals surface area contributed by atoms with E-state index >= 15 is 0 Å². The van der Waals surface area contributed by atoms with Crippen LogP contribution in [0.3, 0.4) is 0 Å². The molecule has 8 nitrogen and oxygen atoms in total. The van der Waals surface area contributed by atoms with Gasteiger partial charge in [0.2, 0.25) is 0 Å². The maximum absolute atomic E-state index is 13.1. The van der Waals surface area contributed by atoms with E-state index in [9.17, 15) is 14.4 Å². The number of aromatic nitrogens is 1. The number of carbonyl (C=O) groups excluding carboxylic acids is 3. The molecule has 0 aliphatic carbocycles. The average molecular weight is 513 g/mol. The minimum atomic E-state index is -0.867. The number of rotatable bonds is 5. The second kappa shape index (κ2) is 9.76. The van der Waals surface area contributed by atoms with E-state index in [4.69, 9.17) is 4.74 Å². The number of benzene rings is 2. The van der Waals surface area contributed by atoms with Crippen molar-refractivity contribution in [1.82, 2.24) is 9.99 Å². The third kappa shape index (κ3) is 5.26. The van der Waals surface area contributed by atoms with Crippen molar-refractivity contribution in [3.05, 3.63) is 63.8 Å². The molecule has 0 bridgehead atoms. The van der Waals surface area contributed by atoms with Crippen molar-refractivity contribution in [2.24, 2.45) is 0 Å². The van der Waals surface area contributed by atoms with Crippen LogP contribution in [0, 0.1) is 13.8 Å². The summed E-state index contributed by atoms with van der Waals surface area (Å²) in [6, 6.07) is 12.7. The summed E-state index contributed by atoms with van der Waals surface area (Å²) in [5.74, 6) is -2.07. The van der Waals surface area contributed by atoms with Crippen LogP contribution in [-0.4, -0.2) is 41.7 Å². The molecule has 1 aliphatic rings. The van der Waals surface area contributed by atoms with Crippen LogP contribution in [0.25, 0.3) is 10.9 Å². The monoisotopic (exact) mass is 512 g/mol. The smallest absolute Gasteiger partial charge is 0.328 e. The van der Waals surface area contributed by atoms with E-state index in [0.29, 0.717) is 17.8 Å². The molecule has 2 aromatic carbocycles. The number of halogens is 1. The number of nitrogens with zero attached hydrogens (tertiary/aromatic N) is 1. The zero-order valence-corrected chi connectivity index (χ0v) is 20.0. The summed E-state index contributed by atoms with van der Waals surface area (Å²) in [7, 11) is 0. The van der Waals surface area contributed by atoms with E-state index in [1.165, 1.54) is 4.68 Å². The Bertz CT molecular complexity index is 1230. The molecule has 1 aliphatic heterocycles. The molecule has 0 saturated carbocycles. The van der Waals surface area contributed by atoms with E-state index in [-0.39, 0.29) is 18.3 Å². The molecule has 1 atom stereocenters. The molecule has 1 saturated heterocycles. The second-order valence-electron chi connectivity index (χ2n) is 8.11. The lowest BCUT2D eigenvalue weighted by Crippen LogP contribution is -2.42. The Morgan fingerprint density at radius 1 is 1.06 bits per heavy atom. The molecular weight excluding hydrogens is 488 g/mol. The third-order valence-corrected chi connectivity index (χ3v) is 6.19. The van der Waals surface area contributed by atoms with Crippen LogP contribution in [-0.2, 0) is 14.3 Å². The van der Waals surface area contributed by atoms with Gasteiger partial charge < -0.3 is 15.4 Å². The lowest BCUT2D eigenvalue weighted by atomic mass is 10.1. The van der Waals surface area contributed by atoms with Gasteiger partial charge in [-0.1, -0.05) is 22.0 Å². The molecule has 0 spiro atoms. The lowest BCUT2D eigenvalue weighted by molar-refractivity contribution is -0.136. The number of amides is 3. The zero-order valence-electron chi connectivity index (χ0n) is 18.4. The fourth-order valence-corrected chi connectivity index (χ4v) is 4.11. The number of nitrogens with one attached hydrogen (secondary N) is 3. The number of hydrogen-bond acceptors (Lipinski definition) is 4. The largest absolute Gasteiger partial charge is 0.376 e. The zero-order chi connectivity index (χ0) is 23.5. The standard InChI is InChI=1S/C24H25BrN4O4/c1-14-5-7-18(10-15(14)2)27-22(30)21-12-16-11-17(25)6-8-20(16)29(21)28-24(32)23(31)26-13-19-4-3-9-33-19/h5-8,10-12,19H,3-4,9,13H2,1-2H3,(H,26,31)(H,27,30)(H,28,32)/t19-/m1/s1. The van der Waals surface area contributed by atoms with Crippen LogP contribution in [0.4, 0.5) is 5.69 Å². The van der Waals surface area contributed by atoms with Gasteiger partial charge in [0.05, 0.1) is 11.6 Å². The quantitative estimate of drug-likeness (QED) is 0.454. The van der Waals surface area contributed by atoms with Crippen LogP contribution in [0.1, 0.15) is 34.5 Å². The summed E-state index contributed by atoms with van der Waals surface area (Å²) in [6.07, 6.45) is 1.71. The minimum Gasteiger partial charge on any atom is -0.376 e. The summed E-state index contributed by atoms with van der Waals surface area (Å²) in [6.45, 7) is 4.90. The number of hydrogen-bond donors (Lipinski definition) is 3. The highest BCUT2D eigenvalue weighted by molar-refractivity contribution is 9.10. The van der Waals surface area contributed by atoms with Crippen LogP contribution >= 0.6 is 15.9 Å². The van der Waals surface area contributed by atoms with Crippen LogP contribution < -0.4 is 16.1 Å². The van der Waals surface area contributed by atoms with E-state index in [0.717, 1.165) is 33.8 Å². The first-order valence-corrected chi connectivity index (χ1v) is 11.5. The molecule has 172 valence electrons. The van der Waals surface area contributed by atoms with Crippen LogP contribution in [0.15, 0.2) is 46.9 Å². The Kier molecular flexibility index (Phi) is 6.80. The molecule has 0 unspecified atom stereocenters. The molecule has 9 heteroatoms. The number of carbonyl (C=O) groups is 3. The highest BCUT2D eigenvalue weighted by Gasteiger charge is 2.23. The predicted octanol–water partition coefficient (Wildman–Crippen LogP) is 3.64. The van der Waals surface area contributed by atoms with E-state index in [1.807, 2.05) is 38.1 Å². The SMILES string of the molecule is Cc1ccc(NC(=O)c2cc3cc(Br)ccc3n2NC(=O)C(=O)NC[C@H]2CCCO2)cc1C. The highest BCUT2D eigenvalue weighted by atomic mass is 79.9. The lowest BCUT2D eigenvalue weighted by Gasteiger charge is -2.14. The van der Waals surface area contributed by atoms with Gasteiger partial charge in [-0.05, 0) is 74.2 Å². The number of aryl methyl sites for hydroxylation is 2. The van der Waals surface area contributed by atoms with Gasteiger partial charge in [-0.25, -0.2) is 4.68 Å². The van der Waals surface area contributed by atoms with E-state index < -0.39 is 17.7 Å². The Hall–Kier alpha value is -3.17. The van der Waals surface area contributed by atoms with Crippen molar-refractivity contribution in [3.63, 3.8) is 0 Å². The minimum absolute atomic E-state index is 0.0780. The molecule has 3 amide bonds. The van der Waals surface area contributed by atoms with Crippen LogP contribution in [0.5, 0.6) is 0 Å². The van der Waals surface area contributed by atoms with Gasteiger partial charge in [-0.3, -0.25) is 19.8 Å². The first kappa shape index (κ1) is 23.0. The maximum atomic E-state index is 13.1. The summed E-state index contributed by atoms with van der Waals surface area (Å²) >= 11 is 3.43. The molecular formula is C24H25BrN4O4. The molecule has 33 heavy (non-hydrogen) atoms. The summed E-state index contributed by atoms with van der Waals surface area (Å²) in [5, 5.41) is 6.19. The normalized spacial score (nSPS) is 15.4. The molecule has 3 N–H and O–H groups in total. The first-order valence-electron chi connectivity index (χ1n) is 10.7. The fraction of sp³-hybridized carbons (Fsp3) is 0.292. The third-order valence-electron chi connectivity index (χ3n) is 5.69. The Morgan fingerprint density at radius 2 is 1.88 bits per heavy atom. The Morgan fingerprint density at radius 3 is 2.61 bits per heavy atom. The summed E-state index contributed by atoms with van der Waals surface area (Å²) in [4.78, 5) is 38.1. The number of fused-ring (bicyclic) bond motifs is 1. The van der Waals surface area contributed by atoms with Gasteiger partial charge in [-0.15, -0.1) is 0 Å². The van der Waals surface area contributed by atoms with Crippen molar-refractivity contribution in [2.45, 2.75) is 32.8 Å². The highest BCUT2D eigenvalue weighted by Crippen LogP contribution is 2.24. The molecule has 4 rings (SSSR count). The van der Waals surface area contributed by atoms with Crippen molar-refractivity contribution in [3.8, 4) is 0 Å². The van der Waals surface area contributed by atoms with Gasteiger partial charge in [-0.2, -0.15) is 0 Å². The molecule has 3 aromatic rings. The molecule has 1 aromatic heterocycles. The topological polar surface area (TPSA) is 101 Å². The Balaban J connectivity index is 1.57. The fourth-order valence-electron chi connectivity index (χ4n) is 3.73. The molecule has 1 fully saturated rings. The van der Waals surface area contributed by atoms with Gasteiger partial charge in [0.15, 0.2) is 0 Å². The van der Waals surface area contributed by atoms with E-state index in [2.05, 4.69) is 32.0 Å². The van der Waals surface area contributed by atoms with Gasteiger partial charge >= 0.3 is 11.8 Å². The molecule has 2 heterocycles. The number of ether oxygens (including phenoxy) is 1. The first-order chi connectivity index (χ1) is 15.8. The molecule has 0 radical (unpaired) electrons. The van der Waals surface area contributed by atoms with Crippen molar-refractivity contribution in [2.75, 3.05) is 23.9 Å². The summed E-state index contributed by atoms with van der Waals surface area (Å²) in [5.41, 5.74) is 6.16. The number of anilines is 1. The maximum Gasteiger partial charge on any atom is 0.328 e. The van der Waals surface area contributed by atoms with Crippen molar-refractivity contribution in [1.29, 1.82) is 0 Å². The van der Waals surface area contributed by atoms with E-state index in [1.54, 1.807) is 18.2 Å². The second-order valence-corrected chi connectivity index (χ2v) is 9.02. The van der Waals surface area contributed by atoms with Crippen LogP contribution in [0.2, 0.25) is 0 Å². The predicted molar refractivity (Wildman–Crippen MR) is 130 cm³/mol. The van der Waals surface area contributed by atoms with Gasteiger partial charge in [0.1, 0.15) is 5.69 Å². The van der Waals surface area contributed by atoms with Crippen molar-refractivity contribution >= 4 is 50.2 Å². The Labute approximate surface area is 199 Å². The van der Waals surface area contributed by atoms with Crippen molar-refractivity contribution < 1.29 is 19.1 Å². The van der Waals surface area contributed by atoms with Gasteiger partial charge in [0, 0.05) is 28.7 Å². The average Bonchev–Trinajstić information content (AvgIpc) is 3.42.